The minimum atomic E-state index is -0.958. The van der Waals surface area contributed by atoms with Gasteiger partial charge in [-0.3, -0.25) is 4.90 Å². The molecule has 0 saturated carbocycles. The quantitative estimate of drug-likeness (QED) is 0.929. The molecule has 2 heterocycles. The Morgan fingerprint density at radius 1 is 1.40 bits per heavy atom. The van der Waals surface area contributed by atoms with Crippen molar-refractivity contribution in [1.29, 1.82) is 0 Å². The predicted molar refractivity (Wildman–Crippen MR) is 73.6 cm³/mol. The van der Waals surface area contributed by atoms with Crippen LogP contribution in [0.2, 0.25) is 0 Å². The topological polar surface area (TPSA) is 75.5 Å². The molecule has 102 valence electrons. The summed E-state index contributed by atoms with van der Waals surface area (Å²) in [7, 11) is 1.58. The first-order valence-electron chi connectivity index (χ1n) is 5.83. The normalized spacial score (nSPS) is 12.8. The maximum atomic E-state index is 11.1. The first kappa shape index (κ1) is 12.9. The summed E-state index contributed by atoms with van der Waals surface area (Å²) in [4.78, 5) is 22.5. The van der Waals surface area contributed by atoms with E-state index < -0.39 is 5.97 Å². The summed E-state index contributed by atoms with van der Waals surface area (Å²) in [6.07, 6.45) is 3.24. The minimum absolute atomic E-state index is 0.234. The second-order valence-corrected chi connectivity index (χ2v) is 5.15. The van der Waals surface area contributed by atoms with Crippen LogP contribution in [-0.2, 0) is 4.74 Å². The van der Waals surface area contributed by atoms with Gasteiger partial charge in [0, 0.05) is 24.4 Å². The van der Waals surface area contributed by atoms with E-state index in [9.17, 15) is 4.79 Å². The van der Waals surface area contributed by atoms with E-state index in [0.717, 1.165) is 15.6 Å². The molecule has 0 saturated heterocycles. The fraction of sp³-hybridized carbons (Fsp3) is 0.154. The van der Waals surface area contributed by atoms with E-state index in [0.29, 0.717) is 5.82 Å². The molecule has 0 unspecified atom stereocenters. The van der Waals surface area contributed by atoms with Gasteiger partial charge in [-0.05, 0) is 18.2 Å². The number of fused-ring (bicyclic) bond motifs is 2. The van der Waals surface area contributed by atoms with Gasteiger partial charge in [0.15, 0.2) is 5.82 Å². The van der Waals surface area contributed by atoms with Crippen LogP contribution < -0.4 is 4.90 Å². The minimum Gasteiger partial charge on any atom is -0.478 e. The summed E-state index contributed by atoms with van der Waals surface area (Å²) in [6.45, 7) is 0.280. The Labute approximate surface area is 119 Å². The van der Waals surface area contributed by atoms with Crippen molar-refractivity contribution in [1.82, 2.24) is 9.97 Å². The molecule has 2 aromatic rings. The second-order valence-electron chi connectivity index (χ2n) is 4.12. The Morgan fingerprint density at radius 2 is 2.20 bits per heavy atom. The smallest absolute Gasteiger partial charge is 0.335 e. The number of rotatable bonds is 3. The molecule has 3 rings (SSSR count). The van der Waals surface area contributed by atoms with E-state index in [4.69, 9.17) is 9.84 Å². The molecule has 20 heavy (non-hydrogen) atoms. The summed E-state index contributed by atoms with van der Waals surface area (Å²) in [5.41, 5.74) is 1.00. The van der Waals surface area contributed by atoms with Crippen LogP contribution in [0.3, 0.4) is 0 Å². The second kappa shape index (κ2) is 5.10. The van der Waals surface area contributed by atoms with Gasteiger partial charge in [0.25, 0.3) is 0 Å². The van der Waals surface area contributed by atoms with Crippen molar-refractivity contribution in [3.63, 3.8) is 0 Å². The number of carboxylic acid groups (broad SMARTS) is 1. The summed E-state index contributed by atoms with van der Waals surface area (Å²) in [6, 6.07) is 4.99. The van der Waals surface area contributed by atoms with Gasteiger partial charge < -0.3 is 9.84 Å². The number of nitrogens with zero attached hydrogens (tertiary/aromatic N) is 3. The molecule has 0 aliphatic carbocycles. The van der Waals surface area contributed by atoms with Gasteiger partial charge >= 0.3 is 5.97 Å². The molecular weight excluding hydrogens is 278 g/mol. The number of aromatic nitrogens is 2. The Hall–Kier alpha value is -2.12. The van der Waals surface area contributed by atoms with Crippen molar-refractivity contribution < 1.29 is 14.6 Å². The average molecular weight is 289 g/mol. The number of methoxy groups -OCH3 is 1. The monoisotopic (exact) mass is 289 g/mol. The molecule has 1 aromatic carbocycles. The zero-order valence-corrected chi connectivity index (χ0v) is 11.4. The highest BCUT2D eigenvalue weighted by Crippen LogP contribution is 2.46. The molecule has 0 fully saturated rings. The first-order valence-corrected chi connectivity index (χ1v) is 6.65. The van der Waals surface area contributed by atoms with Crippen LogP contribution in [0.15, 0.2) is 40.5 Å². The van der Waals surface area contributed by atoms with Crippen LogP contribution in [0.4, 0.5) is 11.5 Å². The summed E-state index contributed by atoms with van der Waals surface area (Å²) >= 11 is 1.47. The molecule has 1 aliphatic rings. The van der Waals surface area contributed by atoms with Gasteiger partial charge in [0.2, 0.25) is 0 Å². The van der Waals surface area contributed by atoms with Gasteiger partial charge in [0.05, 0.1) is 11.3 Å². The van der Waals surface area contributed by atoms with Crippen LogP contribution in [-0.4, -0.2) is 34.9 Å². The third-order valence-corrected chi connectivity index (χ3v) is 3.91. The number of carboxylic acids is 1. The lowest BCUT2D eigenvalue weighted by molar-refractivity contribution is 0.0697. The zero-order valence-electron chi connectivity index (χ0n) is 10.6. The highest BCUT2D eigenvalue weighted by atomic mass is 32.2. The first-order chi connectivity index (χ1) is 9.70. The highest BCUT2D eigenvalue weighted by molar-refractivity contribution is 7.99. The SMILES string of the molecule is COCN1c2cc(C(=O)O)ccc2Sc2nccnc21. The van der Waals surface area contributed by atoms with Crippen LogP contribution in [0.25, 0.3) is 0 Å². The number of aromatic carboxylic acids is 1. The van der Waals surface area contributed by atoms with Crippen molar-refractivity contribution in [2.24, 2.45) is 0 Å². The molecule has 1 N–H and O–H groups in total. The highest BCUT2D eigenvalue weighted by Gasteiger charge is 2.26. The molecule has 1 aromatic heterocycles. The molecule has 0 atom stereocenters. The van der Waals surface area contributed by atoms with E-state index >= 15 is 0 Å². The van der Waals surface area contributed by atoms with Crippen LogP contribution >= 0.6 is 11.8 Å². The van der Waals surface area contributed by atoms with Gasteiger partial charge in [0.1, 0.15) is 11.8 Å². The Balaban J connectivity index is 2.14. The summed E-state index contributed by atoms with van der Waals surface area (Å²) < 4.78 is 5.20. The molecule has 0 radical (unpaired) electrons. The Kier molecular flexibility index (Phi) is 3.29. The summed E-state index contributed by atoms with van der Waals surface area (Å²) in [5, 5.41) is 9.89. The number of ether oxygens (including phenoxy) is 1. The Bertz CT molecular complexity index is 678. The van der Waals surface area contributed by atoms with Gasteiger partial charge in [-0.15, -0.1) is 0 Å². The largest absolute Gasteiger partial charge is 0.478 e. The molecular formula is C13H11N3O3S. The molecule has 0 amide bonds. The van der Waals surface area contributed by atoms with Crippen molar-refractivity contribution >= 4 is 29.2 Å². The number of carbonyl (C=O) groups is 1. The van der Waals surface area contributed by atoms with Crippen molar-refractivity contribution in [2.75, 3.05) is 18.7 Å². The number of anilines is 2. The van der Waals surface area contributed by atoms with Gasteiger partial charge in [-0.25, -0.2) is 14.8 Å². The van der Waals surface area contributed by atoms with E-state index in [1.807, 2.05) is 4.90 Å². The Morgan fingerprint density at radius 3 is 2.95 bits per heavy atom. The third kappa shape index (κ3) is 2.10. The molecule has 0 spiro atoms. The standard InChI is InChI=1S/C13H11N3O3S/c1-19-7-16-9-6-8(13(17)18)2-3-10(9)20-12-11(16)14-4-5-15-12/h2-6H,7H2,1H3,(H,17,18). The number of hydrogen-bond donors (Lipinski definition) is 1. The van der Waals surface area contributed by atoms with E-state index in [-0.39, 0.29) is 12.3 Å². The lowest BCUT2D eigenvalue weighted by Crippen LogP contribution is -2.24. The van der Waals surface area contributed by atoms with Crippen molar-refractivity contribution in [3.05, 3.63) is 36.2 Å². The number of hydrogen-bond acceptors (Lipinski definition) is 6. The van der Waals surface area contributed by atoms with Gasteiger partial charge in [-0.1, -0.05) is 11.8 Å². The molecule has 6 nitrogen and oxygen atoms in total. The molecule has 0 bridgehead atoms. The lowest BCUT2D eigenvalue weighted by atomic mass is 10.2. The maximum absolute atomic E-state index is 11.1. The lowest BCUT2D eigenvalue weighted by Gasteiger charge is -2.30. The number of benzene rings is 1. The van der Waals surface area contributed by atoms with Crippen LogP contribution in [0.5, 0.6) is 0 Å². The molecule has 1 aliphatic heterocycles. The predicted octanol–water partition coefficient (Wildman–Crippen LogP) is 2.38. The van der Waals surface area contributed by atoms with Crippen LogP contribution in [0, 0.1) is 0 Å². The van der Waals surface area contributed by atoms with E-state index in [1.54, 1.807) is 37.7 Å². The fourth-order valence-electron chi connectivity index (χ4n) is 2.00. The van der Waals surface area contributed by atoms with Crippen molar-refractivity contribution in [3.8, 4) is 0 Å². The van der Waals surface area contributed by atoms with E-state index in [1.165, 1.54) is 11.8 Å². The average Bonchev–Trinajstić information content (AvgIpc) is 2.46. The maximum Gasteiger partial charge on any atom is 0.335 e. The van der Waals surface area contributed by atoms with Crippen molar-refractivity contribution in [2.45, 2.75) is 9.92 Å². The van der Waals surface area contributed by atoms with Crippen LogP contribution in [0.1, 0.15) is 10.4 Å². The third-order valence-electron chi connectivity index (χ3n) is 2.86. The fourth-order valence-corrected chi connectivity index (χ4v) is 2.99. The summed E-state index contributed by atoms with van der Waals surface area (Å²) in [5.74, 6) is -0.283. The molecule has 7 heteroatoms. The van der Waals surface area contributed by atoms with Gasteiger partial charge in [-0.2, -0.15) is 0 Å². The van der Waals surface area contributed by atoms with E-state index in [2.05, 4.69) is 9.97 Å². The zero-order chi connectivity index (χ0) is 14.1.